The number of aromatic nitrogens is 2. The van der Waals surface area contributed by atoms with Gasteiger partial charge in [0.05, 0.1) is 11.4 Å². The molecule has 2 heterocycles. The molecule has 8 nitrogen and oxygen atoms in total. The molecule has 1 saturated heterocycles. The van der Waals surface area contributed by atoms with E-state index in [0.717, 1.165) is 25.2 Å². The van der Waals surface area contributed by atoms with Crippen LogP contribution in [0.4, 0.5) is 22.9 Å². The molecular formula is C20H25BrN6O2. The summed E-state index contributed by atoms with van der Waals surface area (Å²) in [6.45, 7) is 5.32. The highest BCUT2D eigenvalue weighted by Crippen LogP contribution is 2.33. The lowest BCUT2D eigenvalue weighted by atomic mass is 10.2. The number of aryl methyl sites for hydroxylation is 1. The maximum Gasteiger partial charge on any atom is 0.293 e. The number of halogens is 1. The van der Waals surface area contributed by atoms with Crippen LogP contribution in [0.15, 0.2) is 46.4 Å². The molecule has 3 rings (SSSR count). The number of anilines is 4. The molecule has 2 N–H and O–H groups in total. The van der Waals surface area contributed by atoms with Crippen molar-refractivity contribution in [1.82, 2.24) is 14.5 Å². The van der Waals surface area contributed by atoms with Crippen LogP contribution in [0.2, 0.25) is 0 Å². The molecule has 29 heavy (non-hydrogen) atoms. The van der Waals surface area contributed by atoms with Crippen LogP contribution < -0.4 is 21.1 Å². The first kappa shape index (κ1) is 21.1. The lowest BCUT2D eigenvalue weighted by Gasteiger charge is -2.24. The number of hydrogen-bond donors (Lipinski definition) is 2. The Morgan fingerprint density at radius 2 is 2.17 bits per heavy atom. The molecule has 1 aliphatic rings. The fourth-order valence-electron chi connectivity index (χ4n) is 3.34. The minimum absolute atomic E-state index is 0.199. The summed E-state index contributed by atoms with van der Waals surface area (Å²) in [6.07, 6.45) is 3.89. The Bertz CT molecular complexity index is 987. The molecule has 9 heteroatoms. The lowest BCUT2D eigenvalue weighted by Crippen LogP contribution is -2.31. The van der Waals surface area contributed by atoms with Crippen LogP contribution in [-0.2, 0) is 11.8 Å². The van der Waals surface area contributed by atoms with Gasteiger partial charge in [-0.25, -0.2) is 4.98 Å². The van der Waals surface area contributed by atoms with Gasteiger partial charge < -0.3 is 25.0 Å². The van der Waals surface area contributed by atoms with Crippen molar-refractivity contribution in [3.05, 3.63) is 52.0 Å². The summed E-state index contributed by atoms with van der Waals surface area (Å²) in [6, 6.07) is 6.09. The van der Waals surface area contributed by atoms with Crippen LogP contribution in [0.5, 0.6) is 0 Å². The van der Waals surface area contributed by atoms with Gasteiger partial charge in [0.1, 0.15) is 4.60 Å². The van der Waals surface area contributed by atoms with E-state index in [4.69, 9.17) is 0 Å². The van der Waals surface area contributed by atoms with Crippen molar-refractivity contribution < 1.29 is 4.79 Å². The number of nitrogens with one attached hydrogen (secondary N) is 2. The van der Waals surface area contributed by atoms with Gasteiger partial charge in [-0.15, -0.1) is 0 Å². The van der Waals surface area contributed by atoms with Crippen LogP contribution >= 0.6 is 15.9 Å². The number of carbonyl (C=O) groups is 1. The number of hydrogen-bond acceptors (Lipinski definition) is 6. The van der Waals surface area contributed by atoms with Gasteiger partial charge in [-0.1, -0.05) is 6.58 Å². The smallest absolute Gasteiger partial charge is 0.293 e. The Morgan fingerprint density at radius 3 is 2.83 bits per heavy atom. The topological polar surface area (TPSA) is 82.5 Å². The van der Waals surface area contributed by atoms with E-state index in [1.54, 1.807) is 13.2 Å². The second-order valence-electron chi connectivity index (χ2n) is 7.23. The summed E-state index contributed by atoms with van der Waals surface area (Å²) in [5.41, 5.74) is 2.00. The number of carbonyl (C=O) groups excluding carboxylic acids is 1. The number of likely N-dealkylation sites (N-methyl/N-ethyl adjacent to an activating group) is 1. The Hall–Kier alpha value is -2.65. The van der Waals surface area contributed by atoms with Crippen molar-refractivity contribution in [3.63, 3.8) is 0 Å². The van der Waals surface area contributed by atoms with E-state index in [1.807, 2.05) is 18.2 Å². The van der Waals surface area contributed by atoms with Crippen molar-refractivity contribution in [2.24, 2.45) is 7.05 Å². The van der Waals surface area contributed by atoms with E-state index >= 15 is 0 Å². The SMILES string of the molecule is C=CC(=O)Nc1cc(Nc2nc(Br)cn(C)c2=O)ccc1N1CCC(N(C)C)C1. The highest BCUT2D eigenvalue weighted by molar-refractivity contribution is 9.10. The molecule has 1 aliphatic heterocycles. The van der Waals surface area contributed by atoms with Crippen molar-refractivity contribution in [3.8, 4) is 0 Å². The van der Waals surface area contributed by atoms with Gasteiger partial charge in [0.25, 0.3) is 5.56 Å². The third kappa shape index (κ3) is 4.86. The molecule has 154 valence electrons. The lowest BCUT2D eigenvalue weighted by molar-refractivity contribution is -0.111. The predicted molar refractivity (Wildman–Crippen MR) is 120 cm³/mol. The monoisotopic (exact) mass is 460 g/mol. The zero-order valence-electron chi connectivity index (χ0n) is 16.8. The number of nitrogens with zero attached hydrogens (tertiary/aromatic N) is 4. The first-order valence-electron chi connectivity index (χ1n) is 9.27. The summed E-state index contributed by atoms with van der Waals surface area (Å²) < 4.78 is 1.99. The molecule has 0 radical (unpaired) electrons. The number of benzene rings is 1. The average molecular weight is 461 g/mol. The standard InChI is InChI=1S/C20H25BrN6O2/c1-5-18(28)23-15-10-13(22-19-20(29)26(4)12-17(21)24-19)6-7-16(15)27-9-8-14(11-27)25(2)3/h5-7,10,12,14H,1,8-9,11H2,2-4H3,(H,22,24)(H,23,28). The van der Waals surface area contributed by atoms with Crippen LogP contribution in [0, 0.1) is 0 Å². The maximum atomic E-state index is 12.3. The van der Waals surface area contributed by atoms with Gasteiger partial charge in [-0.3, -0.25) is 9.59 Å². The third-order valence-electron chi connectivity index (χ3n) is 4.98. The third-order valence-corrected chi connectivity index (χ3v) is 5.36. The zero-order valence-corrected chi connectivity index (χ0v) is 18.4. The second-order valence-corrected chi connectivity index (χ2v) is 8.04. The summed E-state index contributed by atoms with van der Waals surface area (Å²) in [5, 5.41) is 5.93. The van der Waals surface area contributed by atoms with E-state index in [0.29, 0.717) is 22.0 Å². The molecule has 1 unspecified atom stereocenters. The minimum Gasteiger partial charge on any atom is -0.368 e. The second kappa shape index (κ2) is 8.79. The summed E-state index contributed by atoms with van der Waals surface area (Å²) >= 11 is 3.30. The first-order chi connectivity index (χ1) is 13.8. The molecule has 0 spiro atoms. The highest BCUT2D eigenvalue weighted by atomic mass is 79.9. The van der Waals surface area contributed by atoms with Crippen LogP contribution in [0.1, 0.15) is 6.42 Å². The molecule has 0 aliphatic carbocycles. The molecule has 0 saturated carbocycles. The van der Waals surface area contributed by atoms with Crippen molar-refractivity contribution in [1.29, 1.82) is 0 Å². The van der Waals surface area contributed by atoms with Crippen molar-refractivity contribution in [2.75, 3.05) is 42.7 Å². The Labute approximate surface area is 178 Å². The molecule has 2 aromatic rings. The Morgan fingerprint density at radius 1 is 1.41 bits per heavy atom. The van der Waals surface area contributed by atoms with Gasteiger partial charge in [0.2, 0.25) is 5.91 Å². The van der Waals surface area contributed by atoms with Gasteiger partial charge in [0.15, 0.2) is 5.82 Å². The van der Waals surface area contributed by atoms with Gasteiger partial charge in [-0.05, 0) is 60.7 Å². The summed E-state index contributed by atoms with van der Waals surface area (Å²) in [5.74, 6) is -0.0901. The summed E-state index contributed by atoms with van der Waals surface area (Å²) in [4.78, 5) is 33.0. The van der Waals surface area contributed by atoms with Crippen molar-refractivity contribution in [2.45, 2.75) is 12.5 Å². The Kier molecular flexibility index (Phi) is 6.39. The fraction of sp³-hybridized carbons (Fsp3) is 0.350. The van der Waals surface area contributed by atoms with Gasteiger partial charge in [-0.2, -0.15) is 0 Å². The van der Waals surface area contributed by atoms with Gasteiger partial charge in [0, 0.05) is 38.1 Å². The van der Waals surface area contributed by atoms with Gasteiger partial charge >= 0.3 is 0 Å². The molecule has 1 amide bonds. The van der Waals surface area contributed by atoms with E-state index in [2.05, 4.69) is 62.0 Å². The minimum atomic E-state index is -0.289. The maximum absolute atomic E-state index is 12.3. The van der Waals surface area contributed by atoms with Crippen LogP contribution in [0.25, 0.3) is 0 Å². The average Bonchev–Trinajstić information content (AvgIpc) is 3.16. The normalized spacial score (nSPS) is 16.2. The molecule has 1 atom stereocenters. The Balaban J connectivity index is 1.93. The highest BCUT2D eigenvalue weighted by Gasteiger charge is 2.26. The quantitative estimate of drug-likeness (QED) is 0.644. The summed E-state index contributed by atoms with van der Waals surface area (Å²) in [7, 11) is 5.81. The van der Waals surface area contributed by atoms with E-state index in [1.165, 1.54) is 10.6 Å². The number of amides is 1. The molecule has 1 fully saturated rings. The molecule has 1 aromatic heterocycles. The van der Waals surface area contributed by atoms with E-state index in [9.17, 15) is 9.59 Å². The number of rotatable bonds is 6. The molecule has 1 aromatic carbocycles. The molecule has 0 bridgehead atoms. The van der Waals surface area contributed by atoms with E-state index in [-0.39, 0.29) is 17.3 Å². The first-order valence-corrected chi connectivity index (χ1v) is 10.1. The predicted octanol–water partition coefficient (Wildman–Crippen LogP) is 2.55. The fourth-order valence-corrected chi connectivity index (χ4v) is 3.83. The molecular weight excluding hydrogens is 436 g/mol. The van der Waals surface area contributed by atoms with E-state index < -0.39 is 0 Å². The van der Waals surface area contributed by atoms with Crippen LogP contribution in [0.3, 0.4) is 0 Å². The van der Waals surface area contributed by atoms with Crippen LogP contribution in [-0.4, -0.2) is 53.6 Å². The largest absolute Gasteiger partial charge is 0.368 e. The van der Waals surface area contributed by atoms with Crippen molar-refractivity contribution >= 4 is 44.7 Å². The zero-order chi connectivity index (χ0) is 21.1.